The van der Waals surface area contributed by atoms with Crippen LogP contribution in [-0.2, 0) is 0 Å². The molecule has 0 aliphatic rings. The molecule has 12 heavy (non-hydrogen) atoms. The molecule has 0 fully saturated rings. The smallest absolute Gasteiger partial charge is 0.198 e. The van der Waals surface area contributed by atoms with E-state index in [0.29, 0.717) is 13.9 Å². The maximum atomic E-state index is 4.06. The summed E-state index contributed by atoms with van der Waals surface area (Å²) in [6.07, 6.45) is 0. The van der Waals surface area contributed by atoms with E-state index in [-0.39, 0.29) is 0 Å². The molecule has 0 aromatic carbocycles. The molecule has 0 radical (unpaired) electrons. The summed E-state index contributed by atoms with van der Waals surface area (Å²) in [5.74, 6) is 0. The third-order valence-electron chi connectivity index (χ3n) is 1.06. The van der Waals surface area contributed by atoms with Gasteiger partial charge in [-0.3, -0.25) is 0 Å². The molecule has 1 heterocycles. The van der Waals surface area contributed by atoms with Gasteiger partial charge in [0.05, 0.1) is 5.56 Å². The van der Waals surface area contributed by atoms with E-state index in [9.17, 15) is 0 Å². The van der Waals surface area contributed by atoms with Gasteiger partial charge in [0.15, 0.2) is 4.73 Å². The Balaban J connectivity index is 3.38. The first-order valence-electron chi connectivity index (χ1n) is 2.75. The van der Waals surface area contributed by atoms with Crippen molar-refractivity contribution in [3.05, 3.63) is 26.1 Å². The summed E-state index contributed by atoms with van der Waals surface area (Å²) in [6, 6.07) is 0. The Labute approximate surface area is 103 Å². The summed E-state index contributed by atoms with van der Waals surface area (Å²) in [6.45, 7) is 3.74. The molecule has 0 saturated heterocycles. The maximum Gasteiger partial charge on any atom is 0.198 e. The van der Waals surface area contributed by atoms with Gasteiger partial charge < -0.3 is 0 Å². The minimum Gasteiger partial charge on any atom is -0.214 e. The van der Waals surface area contributed by atoms with Crippen LogP contribution in [-0.4, -0.2) is 9.97 Å². The minimum absolute atomic E-state index is 0.527. The molecule has 0 atom stereocenters. The molecule has 0 bridgehead atoms. The quantitative estimate of drug-likeness (QED) is 0.503. The first-order chi connectivity index (χ1) is 5.52. The van der Waals surface area contributed by atoms with Crippen LogP contribution in [0, 0.1) is 0 Å². The van der Waals surface area contributed by atoms with Crippen molar-refractivity contribution < 1.29 is 0 Å². The van der Waals surface area contributed by atoms with Crippen LogP contribution in [0.4, 0.5) is 0 Å². The van der Waals surface area contributed by atoms with Crippen LogP contribution >= 0.6 is 63.7 Å². The van der Waals surface area contributed by atoms with Crippen LogP contribution in [0.5, 0.6) is 0 Å². The average Bonchev–Trinajstić information content (AvgIpc) is 1.82. The van der Waals surface area contributed by atoms with Crippen molar-refractivity contribution in [2.75, 3.05) is 0 Å². The van der Waals surface area contributed by atoms with Crippen molar-refractivity contribution in [2.45, 2.75) is 0 Å². The fourth-order valence-electron chi connectivity index (χ4n) is 0.608. The lowest BCUT2D eigenvalue weighted by Crippen LogP contribution is -1.91. The molecule has 1 aromatic heterocycles. The molecule has 0 amide bonds. The molecular formula is C6H2Br4N2. The van der Waals surface area contributed by atoms with Crippen molar-refractivity contribution in [2.24, 2.45) is 0 Å². The van der Waals surface area contributed by atoms with Crippen LogP contribution in [0.15, 0.2) is 20.5 Å². The van der Waals surface area contributed by atoms with Crippen LogP contribution in [0.1, 0.15) is 5.56 Å². The first-order valence-corrected chi connectivity index (χ1v) is 5.93. The monoisotopic (exact) mass is 418 g/mol. The SMILES string of the molecule is C=C(Br)c1c(Br)nc(Br)nc1Br. The fourth-order valence-corrected chi connectivity index (χ4v) is 3.80. The lowest BCUT2D eigenvalue weighted by Gasteiger charge is -2.03. The lowest BCUT2D eigenvalue weighted by atomic mass is 10.3. The molecule has 64 valence electrons. The van der Waals surface area contributed by atoms with Crippen LogP contribution in [0.3, 0.4) is 0 Å². The average molecular weight is 422 g/mol. The highest BCUT2D eigenvalue weighted by atomic mass is 79.9. The number of hydrogen-bond donors (Lipinski definition) is 0. The van der Waals surface area contributed by atoms with Crippen LogP contribution in [0.2, 0.25) is 0 Å². The van der Waals surface area contributed by atoms with Crippen LogP contribution in [0.25, 0.3) is 4.48 Å². The van der Waals surface area contributed by atoms with E-state index in [2.05, 4.69) is 80.3 Å². The molecule has 0 spiro atoms. The summed E-state index contributed by atoms with van der Waals surface area (Å²) in [5, 5.41) is 0. The summed E-state index contributed by atoms with van der Waals surface area (Å²) in [7, 11) is 0. The highest BCUT2D eigenvalue weighted by Crippen LogP contribution is 2.32. The highest BCUT2D eigenvalue weighted by molar-refractivity contribution is 9.15. The predicted octanol–water partition coefficient (Wildman–Crippen LogP) is 4.13. The highest BCUT2D eigenvalue weighted by Gasteiger charge is 2.10. The van der Waals surface area contributed by atoms with E-state index in [1.165, 1.54) is 0 Å². The molecule has 0 aliphatic carbocycles. The lowest BCUT2D eigenvalue weighted by molar-refractivity contribution is 1.05. The summed E-state index contributed by atoms with van der Waals surface area (Å²) < 4.78 is 2.64. The van der Waals surface area contributed by atoms with Gasteiger partial charge in [-0.15, -0.1) is 0 Å². The van der Waals surface area contributed by atoms with E-state index in [1.807, 2.05) is 0 Å². The second-order valence-electron chi connectivity index (χ2n) is 1.85. The number of nitrogens with zero attached hydrogens (tertiary/aromatic N) is 2. The summed E-state index contributed by atoms with van der Waals surface area (Å²) in [5.41, 5.74) is 0.818. The van der Waals surface area contributed by atoms with E-state index >= 15 is 0 Å². The molecular weight excluding hydrogens is 420 g/mol. The first kappa shape index (κ1) is 10.8. The van der Waals surface area contributed by atoms with E-state index in [4.69, 9.17) is 0 Å². The molecule has 6 heteroatoms. The number of halogens is 4. The Morgan fingerprint density at radius 1 is 1.08 bits per heavy atom. The van der Waals surface area contributed by atoms with Gasteiger partial charge in [-0.05, 0) is 47.8 Å². The molecule has 1 aromatic rings. The zero-order valence-corrected chi connectivity index (χ0v) is 12.0. The Kier molecular flexibility index (Phi) is 3.88. The largest absolute Gasteiger partial charge is 0.214 e. The van der Waals surface area contributed by atoms with Crippen molar-refractivity contribution in [3.8, 4) is 0 Å². The number of rotatable bonds is 1. The van der Waals surface area contributed by atoms with Crippen molar-refractivity contribution in [1.82, 2.24) is 9.97 Å². The topological polar surface area (TPSA) is 25.8 Å². The zero-order valence-electron chi connectivity index (χ0n) is 5.61. The third-order valence-corrected chi connectivity index (χ3v) is 2.96. The van der Waals surface area contributed by atoms with Gasteiger partial charge >= 0.3 is 0 Å². The second-order valence-corrected chi connectivity index (χ2v) is 5.02. The van der Waals surface area contributed by atoms with Gasteiger partial charge in [0.25, 0.3) is 0 Å². The van der Waals surface area contributed by atoms with Crippen molar-refractivity contribution in [3.63, 3.8) is 0 Å². The Morgan fingerprint density at radius 2 is 1.50 bits per heavy atom. The van der Waals surface area contributed by atoms with E-state index < -0.39 is 0 Å². The van der Waals surface area contributed by atoms with Gasteiger partial charge in [-0.2, -0.15) is 0 Å². The second kappa shape index (κ2) is 4.30. The van der Waals surface area contributed by atoms with Gasteiger partial charge in [0.1, 0.15) is 9.21 Å². The molecule has 0 unspecified atom stereocenters. The number of hydrogen-bond acceptors (Lipinski definition) is 2. The Morgan fingerprint density at radius 3 is 1.83 bits per heavy atom. The van der Waals surface area contributed by atoms with Crippen molar-refractivity contribution in [1.29, 1.82) is 0 Å². The van der Waals surface area contributed by atoms with Crippen LogP contribution < -0.4 is 0 Å². The van der Waals surface area contributed by atoms with Gasteiger partial charge in [-0.1, -0.05) is 22.5 Å². The zero-order chi connectivity index (χ0) is 9.30. The Hall–Kier alpha value is 0.740. The van der Waals surface area contributed by atoms with Crippen molar-refractivity contribution >= 4 is 68.2 Å². The van der Waals surface area contributed by atoms with Gasteiger partial charge in [0, 0.05) is 4.48 Å². The summed E-state index contributed by atoms with van der Waals surface area (Å²) in [4.78, 5) is 8.11. The van der Waals surface area contributed by atoms with E-state index in [1.54, 1.807) is 0 Å². The molecule has 0 saturated carbocycles. The molecule has 0 aliphatic heterocycles. The molecule has 1 rings (SSSR count). The molecule has 0 N–H and O–H groups in total. The summed E-state index contributed by atoms with van der Waals surface area (Å²) >= 11 is 13.0. The van der Waals surface area contributed by atoms with Gasteiger partial charge in [0.2, 0.25) is 0 Å². The predicted molar refractivity (Wildman–Crippen MR) is 63.1 cm³/mol. The standard InChI is InChI=1S/C6H2Br4N2/c1-2(7)3-4(8)11-6(10)12-5(3)9/h1H2. The van der Waals surface area contributed by atoms with E-state index in [0.717, 1.165) is 10.0 Å². The normalized spacial score (nSPS) is 10.0. The fraction of sp³-hybridized carbons (Fsp3) is 0. The Bertz CT molecular complexity index is 313. The number of aromatic nitrogens is 2. The maximum absolute atomic E-state index is 4.06. The minimum atomic E-state index is 0.527. The third kappa shape index (κ3) is 2.37. The molecule has 2 nitrogen and oxygen atoms in total. The van der Waals surface area contributed by atoms with Gasteiger partial charge in [-0.25, -0.2) is 9.97 Å².